The summed E-state index contributed by atoms with van der Waals surface area (Å²) in [5.41, 5.74) is 4.18. The first-order chi connectivity index (χ1) is 10.0. The number of thiophene rings is 1. The molecule has 0 unspecified atom stereocenters. The van der Waals surface area contributed by atoms with E-state index in [1.165, 1.54) is 26.4 Å². The van der Waals surface area contributed by atoms with Crippen LogP contribution < -0.4 is 0 Å². The summed E-state index contributed by atoms with van der Waals surface area (Å²) >= 11 is 1.85. The summed E-state index contributed by atoms with van der Waals surface area (Å²) in [5, 5.41) is 0. The highest BCUT2D eigenvalue weighted by Crippen LogP contribution is 2.35. The highest BCUT2D eigenvalue weighted by atomic mass is 32.1. The maximum absolute atomic E-state index is 2.25. The number of rotatable bonds is 2. The van der Waals surface area contributed by atoms with E-state index >= 15 is 0 Å². The van der Waals surface area contributed by atoms with Gasteiger partial charge in [-0.05, 0) is 34.2 Å². The van der Waals surface area contributed by atoms with E-state index in [0.717, 1.165) is 0 Å². The van der Waals surface area contributed by atoms with E-state index < -0.39 is 0 Å². The first-order valence-corrected chi connectivity index (χ1v) is 8.12. The molecule has 0 nitrogen and oxygen atoms in total. The minimum atomic E-state index is 0.211. The highest BCUT2D eigenvalue weighted by Gasteiger charge is 2.13. The van der Waals surface area contributed by atoms with Crippen molar-refractivity contribution in [1.82, 2.24) is 0 Å². The molecule has 0 atom stereocenters. The van der Waals surface area contributed by atoms with Crippen LogP contribution in [0.5, 0.6) is 0 Å². The molecule has 2 aromatic carbocycles. The van der Waals surface area contributed by atoms with Crippen LogP contribution in [0.25, 0.3) is 20.9 Å². The van der Waals surface area contributed by atoms with Gasteiger partial charge in [-0.15, -0.1) is 11.3 Å². The second kappa shape index (κ2) is 5.50. The third-order valence-corrected chi connectivity index (χ3v) is 4.88. The van der Waals surface area contributed by atoms with Gasteiger partial charge >= 0.3 is 0 Å². The van der Waals surface area contributed by atoms with Crippen LogP contribution >= 0.6 is 11.3 Å². The third kappa shape index (κ3) is 3.08. The van der Waals surface area contributed by atoms with Crippen molar-refractivity contribution in [3.8, 4) is 20.9 Å². The van der Waals surface area contributed by atoms with Crippen molar-refractivity contribution in [2.24, 2.45) is 0 Å². The van der Waals surface area contributed by atoms with E-state index in [9.17, 15) is 0 Å². The Bertz CT molecular complexity index is 713. The van der Waals surface area contributed by atoms with Gasteiger partial charge in [-0.2, -0.15) is 0 Å². The van der Waals surface area contributed by atoms with E-state index in [-0.39, 0.29) is 5.41 Å². The Morgan fingerprint density at radius 3 is 1.67 bits per heavy atom. The molecule has 1 aromatic heterocycles. The van der Waals surface area contributed by atoms with E-state index in [2.05, 4.69) is 87.5 Å². The molecule has 0 aliphatic heterocycles. The summed E-state index contributed by atoms with van der Waals surface area (Å²) in [4.78, 5) is 2.65. The zero-order valence-corrected chi connectivity index (χ0v) is 13.6. The van der Waals surface area contributed by atoms with Crippen LogP contribution in [0, 0.1) is 0 Å². The van der Waals surface area contributed by atoms with Gasteiger partial charge in [0.1, 0.15) is 0 Å². The van der Waals surface area contributed by atoms with E-state index in [1.807, 2.05) is 11.3 Å². The molecule has 21 heavy (non-hydrogen) atoms. The molecule has 0 saturated heterocycles. The Hall–Kier alpha value is -1.86. The molecule has 0 bridgehead atoms. The average Bonchev–Trinajstić information content (AvgIpc) is 2.97. The van der Waals surface area contributed by atoms with Gasteiger partial charge in [-0.3, -0.25) is 0 Å². The summed E-state index contributed by atoms with van der Waals surface area (Å²) in [5.74, 6) is 0. The molecule has 1 heterocycles. The first kappa shape index (κ1) is 14.1. The molecule has 106 valence electrons. The molecule has 0 aliphatic rings. The highest BCUT2D eigenvalue weighted by molar-refractivity contribution is 7.18. The molecular formula is C20H20S. The molecule has 0 N–H and O–H groups in total. The minimum absolute atomic E-state index is 0.211. The Morgan fingerprint density at radius 1 is 0.619 bits per heavy atom. The topological polar surface area (TPSA) is 0 Å². The molecule has 1 heteroatoms. The lowest BCUT2D eigenvalue weighted by Crippen LogP contribution is -2.10. The van der Waals surface area contributed by atoms with Crippen molar-refractivity contribution in [3.63, 3.8) is 0 Å². The molecule has 0 saturated carbocycles. The molecule has 0 spiro atoms. The van der Waals surface area contributed by atoms with Crippen molar-refractivity contribution in [3.05, 3.63) is 72.3 Å². The van der Waals surface area contributed by atoms with Crippen molar-refractivity contribution >= 4 is 11.3 Å². The van der Waals surface area contributed by atoms with Crippen molar-refractivity contribution < 1.29 is 0 Å². The predicted octanol–water partition coefficient (Wildman–Crippen LogP) is 6.38. The Balaban J connectivity index is 1.90. The fraction of sp³-hybridized carbons (Fsp3) is 0.200. The number of hydrogen-bond acceptors (Lipinski definition) is 1. The molecule has 0 amide bonds. The van der Waals surface area contributed by atoms with Gasteiger partial charge in [-0.25, -0.2) is 0 Å². The minimum Gasteiger partial charge on any atom is -0.135 e. The molecule has 3 aromatic rings. The summed E-state index contributed by atoms with van der Waals surface area (Å²) < 4.78 is 0. The molecular weight excluding hydrogens is 272 g/mol. The maximum atomic E-state index is 2.25. The second-order valence-electron chi connectivity index (χ2n) is 6.36. The van der Waals surface area contributed by atoms with E-state index in [1.54, 1.807) is 0 Å². The maximum Gasteiger partial charge on any atom is 0.0349 e. The van der Waals surface area contributed by atoms with Gasteiger partial charge < -0.3 is 0 Å². The van der Waals surface area contributed by atoms with Gasteiger partial charge in [0.05, 0.1) is 0 Å². The molecule has 0 radical (unpaired) electrons. The Kier molecular flexibility index (Phi) is 3.69. The standard InChI is InChI=1S/C20H20S/c1-20(2,3)17-11-9-16(10-12-17)19-14-13-18(21-19)15-7-5-4-6-8-15/h4-14H,1-3H3. The van der Waals surface area contributed by atoms with Gasteiger partial charge in [-0.1, -0.05) is 75.4 Å². The summed E-state index contributed by atoms with van der Waals surface area (Å²) in [7, 11) is 0. The summed E-state index contributed by atoms with van der Waals surface area (Å²) in [6.45, 7) is 6.75. The largest absolute Gasteiger partial charge is 0.135 e. The van der Waals surface area contributed by atoms with Crippen molar-refractivity contribution in [2.75, 3.05) is 0 Å². The number of hydrogen-bond donors (Lipinski definition) is 0. The van der Waals surface area contributed by atoms with Gasteiger partial charge in [0.15, 0.2) is 0 Å². The van der Waals surface area contributed by atoms with Crippen molar-refractivity contribution in [1.29, 1.82) is 0 Å². The smallest absolute Gasteiger partial charge is 0.0349 e. The van der Waals surface area contributed by atoms with Crippen LogP contribution in [0.15, 0.2) is 66.7 Å². The first-order valence-electron chi connectivity index (χ1n) is 7.30. The van der Waals surface area contributed by atoms with Crippen LogP contribution in [-0.2, 0) is 5.41 Å². The van der Waals surface area contributed by atoms with Gasteiger partial charge in [0.25, 0.3) is 0 Å². The Labute approximate surface area is 131 Å². The predicted molar refractivity (Wildman–Crippen MR) is 93.9 cm³/mol. The van der Waals surface area contributed by atoms with Crippen LogP contribution in [-0.4, -0.2) is 0 Å². The van der Waals surface area contributed by atoms with E-state index in [0.29, 0.717) is 0 Å². The Morgan fingerprint density at radius 2 is 1.14 bits per heavy atom. The van der Waals surface area contributed by atoms with Crippen LogP contribution in [0.4, 0.5) is 0 Å². The fourth-order valence-electron chi connectivity index (χ4n) is 2.39. The van der Waals surface area contributed by atoms with Gasteiger partial charge in [0.2, 0.25) is 0 Å². The lowest BCUT2D eigenvalue weighted by atomic mass is 9.86. The molecule has 3 rings (SSSR count). The lowest BCUT2D eigenvalue weighted by molar-refractivity contribution is 0.590. The fourth-order valence-corrected chi connectivity index (χ4v) is 3.40. The second-order valence-corrected chi connectivity index (χ2v) is 7.44. The van der Waals surface area contributed by atoms with Crippen molar-refractivity contribution in [2.45, 2.75) is 26.2 Å². The summed E-state index contributed by atoms with van der Waals surface area (Å²) in [6.07, 6.45) is 0. The van der Waals surface area contributed by atoms with Crippen LogP contribution in [0.2, 0.25) is 0 Å². The SMILES string of the molecule is CC(C)(C)c1ccc(-c2ccc(-c3ccccc3)s2)cc1. The quantitative estimate of drug-likeness (QED) is 0.514. The average molecular weight is 292 g/mol. The molecule has 0 aliphatic carbocycles. The molecule has 0 fully saturated rings. The zero-order valence-electron chi connectivity index (χ0n) is 12.8. The van der Waals surface area contributed by atoms with E-state index in [4.69, 9.17) is 0 Å². The summed E-state index contributed by atoms with van der Waals surface area (Å²) in [6, 6.07) is 24.0. The van der Waals surface area contributed by atoms with Crippen LogP contribution in [0.1, 0.15) is 26.3 Å². The normalized spacial score (nSPS) is 11.6. The van der Waals surface area contributed by atoms with Gasteiger partial charge in [0, 0.05) is 9.75 Å². The lowest BCUT2D eigenvalue weighted by Gasteiger charge is -2.18. The van der Waals surface area contributed by atoms with Crippen LogP contribution in [0.3, 0.4) is 0 Å². The zero-order chi connectivity index (χ0) is 14.9. The number of benzene rings is 2. The monoisotopic (exact) mass is 292 g/mol. The third-order valence-electron chi connectivity index (χ3n) is 3.70.